The molecule has 1 aromatic heterocycles. The number of nitrogens with zero attached hydrogens (tertiary/aromatic N) is 2. The van der Waals surface area contributed by atoms with Gasteiger partial charge in [0, 0.05) is 23.0 Å². The number of phenols is 1. The van der Waals surface area contributed by atoms with Gasteiger partial charge in [-0.05, 0) is 54.2 Å². The molecular formula is C21H16N2O. The Bertz CT molecular complexity index is 970. The first kappa shape index (κ1) is 14.5. The summed E-state index contributed by atoms with van der Waals surface area (Å²) in [4.78, 5) is 4.64. The van der Waals surface area contributed by atoms with Crippen LogP contribution >= 0.6 is 0 Å². The maximum absolute atomic E-state index is 10.1. The van der Waals surface area contributed by atoms with Gasteiger partial charge < -0.3 is 5.11 Å². The topological polar surface area (TPSA) is 56.9 Å². The van der Waals surface area contributed by atoms with Crippen LogP contribution in [-0.2, 0) is 19.3 Å². The van der Waals surface area contributed by atoms with Crippen LogP contribution in [0.25, 0.3) is 11.1 Å². The van der Waals surface area contributed by atoms with Crippen molar-refractivity contribution in [3.63, 3.8) is 0 Å². The van der Waals surface area contributed by atoms with E-state index in [-0.39, 0.29) is 5.75 Å². The lowest BCUT2D eigenvalue weighted by Gasteiger charge is -2.10. The predicted octanol–water partition coefficient (Wildman–Crippen LogP) is 4.02. The van der Waals surface area contributed by atoms with Crippen molar-refractivity contribution in [1.29, 1.82) is 5.26 Å². The van der Waals surface area contributed by atoms with Crippen molar-refractivity contribution in [3.05, 3.63) is 82.7 Å². The number of hydrogen-bond donors (Lipinski definition) is 1. The van der Waals surface area contributed by atoms with E-state index in [1.807, 2.05) is 36.5 Å². The number of benzene rings is 2. The minimum atomic E-state index is 0.264. The van der Waals surface area contributed by atoms with Crippen LogP contribution in [0.3, 0.4) is 0 Å². The summed E-state index contributed by atoms with van der Waals surface area (Å²) in [7, 11) is 0. The predicted molar refractivity (Wildman–Crippen MR) is 92.7 cm³/mol. The van der Waals surface area contributed by atoms with Crippen LogP contribution in [0.1, 0.15) is 27.9 Å². The Labute approximate surface area is 140 Å². The van der Waals surface area contributed by atoms with Crippen LogP contribution in [0.15, 0.2) is 54.7 Å². The Kier molecular flexibility index (Phi) is 3.51. The lowest BCUT2D eigenvalue weighted by molar-refractivity contribution is 0.477. The zero-order valence-electron chi connectivity index (χ0n) is 13.2. The number of aryl methyl sites for hydroxylation is 1. The molecule has 0 atom stereocenters. The van der Waals surface area contributed by atoms with Crippen LogP contribution in [-0.4, -0.2) is 10.1 Å². The van der Waals surface area contributed by atoms with Crippen molar-refractivity contribution in [2.75, 3.05) is 0 Å². The summed E-state index contributed by atoms with van der Waals surface area (Å²) in [5, 5.41) is 19.4. The summed E-state index contributed by atoms with van der Waals surface area (Å²) in [5.41, 5.74) is 7.07. The fraction of sp³-hybridized carbons (Fsp3) is 0.143. The van der Waals surface area contributed by atoms with E-state index in [0.717, 1.165) is 47.2 Å². The van der Waals surface area contributed by atoms with Crippen LogP contribution < -0.4 is 0 Å². The van der Waals surface area contributed by atoms with E-state index in [9.17, 15) is 10.4 Å². The molecule has 3 nitrogen and oxygen atoms in total. The number of aromatic hydroxyl groups is 1. The maximum Gasteiger partial charge on any atom is 0.123 e. The molecule has 0 saturated heterocycles. The number of pyridine rings is 1. The highest BCUT2D eigenvalue weighted by atomic mass is 16.3. The summed E-state index contributed by atoms with van der Waals surface area (Å²) in [6, 6.07) is 17.7. The molecule has 1 aliphatic carbocycles. The summed E-state index contributed by atoms with van der Waals surface area (Å²) in [6.45, 7) is 0. The molecule has 1 aliphatic rings. The van der Waals surface area contributed by atoms with Gasteiger partial charge >= 0.3 is 0 Å². The van der Waals surface area contributed by atoms with E-state index in [1.165, 1.54) is 11.1 Å². The Balaban J connectivity index is 1.80. The van der Waals surface area contributed by atoms with Crippen molar-refractivity contribution >= 4 is 0 Å². The second-order valence-electron chi connectivity index (χ2n) is 6.08. The molecule has 1 heterocycles. The van der Waals surface area contributed by atoms with Crippen LogP contribution in [0.5, 0.6) is 5.75 Å². The number of rotatable bonds is 1. The third-order valence-electron chi connectivity index (χ3n) is 4.66. The molecule has 116 valence electrons. The summed E-state index contributed by atoms with van der Waals surface area (Å²) < 4.78 is 0. The van der Waals surface area contributed by atoms with Gasteiger partial charge in [-0.2, -0.15) is 5.26 Å². The number of para-hydroxylation sites is 1. The van der Waals surface area contributed by atoms with Gasteiger partial charge in [0.25, 0.3) is 0 Å². The van der Waals surface area contributed by atoms with Gasteiger partial charge in [-0.1, -0.05) is 30.3 Å². The molecule has 0 spiro atoms. The van der Waals surface area contributed by atoms with E-state index in [2.05, 4.69) is 23.2 Å². The zero-order valence-corrected chi connectivity index (χ0v) is 13.2. The normalized spacial score (nSPS) is 12.6. The molecule has 0 saturated carbocycles. The molecule has 0 radical (unpaired) electrons. The average molecular weight is 312 g/mol. The van der Waals surface area contributed by atoms with Crippen molar-refractivity contribution < 1.29 is 5.11 Å². The monoisotopic (exact) mass is 312 g/mol. The number of aromatic nitrogens is 1. The van der Waals surface area contributed by atoms with Crippen molar-refractivity contribution in [1.82, 2.24) is 4.98 Å². The van der Waals surface area contributed by atoms with Crippen LogP contribution in [0.4, 0.5) is 0 Å². The van der Waals surface area contributed by atoms with Crippen LogP contribution in [0, 0.1) is 11.3 Å². The Hall–Kier alpha value is -3.12. The van der Waals surface area contributed by atoms with Gasteiger partial charge in [0.1, 0.15) is 5.75 Å². The van der Waals surface area contributed by atoms with Crippen LogP contribution in [0.2, 0.25) is 0 Å². The minimum absolute atomic E-state index is 0.264. The lowest BCUT2D eigenvalue weighted by atomic mass is 9.96. The highest BCUT2D eigenvalue weighted by molar-refractivity contribution is 5.70. The minimum Gasteiger partial charge on any atom is -0.507 e. The third-order valence-corrected chi connectivity index (χ3v) is 4.66. The zero-order chi connectivity index (χ0) is 16.5. The quantitative estimate of drug-likeness (QED) is 0.738. The van der Waals surface area contributed by atoms with Crippen molar-refractivity contribution in [3.8, 4) is 22.9 Å². The number of nitriles is 1. The Morgan fingerprint density at radius 1 is 1.00 bits per heavy atom. The van der Waals surface area contributed by atoms with Gasteiger partial charge in [-0.3, -0.25) is 4.98 Å². The van der Waals surface area contributed by atoms with Gasteiger partial charge in [0.15, 0.2) is 0 Å². The highest BCUT2D eigenvalue weighted by Gasteiger charge is 2.18. The standard InChI is InChI=1S/C21H16N2O/c22-12-15-5-3-4-14-10-16-11-17(19-6-1-2-7-21(19)24)13-23-20(16)9-8-18(14)15/h1-7,11,13,24H,8-10H2. The van der Waals surface area contributed by atoms with E-state index < -0.39 is 0 Å². The molecule has 0 unspecified atom stereocenters. The maximum atomic E-state index is 10.1. The second kappa shape index (κ2) is 5.82. The number of fused-ring (bicyclic) bond motifs is 2. The molecule has 4 rings (SSSR count). The molecule has 3 aromatic rings. The second-order valence-corrected chi connectivity index (χ2v) is 6.08. The van der Waals surface area contributed by atoms with Gasteiger partial charge in [0.05, 0.1) is 11.6 Å². The third kappa shape index (κ3) is 2.43. The molecule has 0 amide bonds. The summed E-state index contributed by atoms with van der Waals surface area (Å²) in [6.07, 6.45) is 4.28. The van der Waals surface area contributed by atoms with Crippen molar-refractivity contribution in [2.24, 2.45) is 0 Å². The molecule has 1 N–H and O–H groups in total. The smallest absolute Gasteiger partial charge is 0.123 e. The van der Waals surface area contributed by atoms with E-state index in [4.69, 9.17) is 0 Å². The Morgan fingerprint density at radius 2 is 1.88 bits per heavy atom. The molecule has 0 fully saturated rings. The summed E-state index contributed by atoms with van der Waals surface area (Å²) >= 11 is 0. The van der Waals surface area contributed by atoms with E-state index in [0.29, 0.717) is 0 Å². The van der Waals surface area contributed by atoms with Gasteiger partial charge in [-0.25, -0.2) is 0 Å². The fourth-order valence-corrected chi connectivity index (χ4v) is 3.43. The lowest BCUT2D eigenvalue weighted by Crippen LogP contribution is -1.97. The molecule has 24 heavy (non-hydrogen) atoms. The van der Waals surface area contributed by atoms with E-state index >= 15 is 0 Å². The van der Waals surface area contributed by atoms with E-state index in [1.54, 1.807) is 6.07 Å². The first-order valence-corrected chi connectivity index (χ1v) is 8.03. The van der Waals surface area contributed by atoms with Gasteiger partial charge in [0.2, 0.25) is 0 Å². The first-order chi connectivity index (χ1) is 11.8. The molecular weight excluding hydrogens is 296 g/mol. The molecule has 3 heteroatoms. The first-order valence-electron chi connectivity index (χ1n) is 8.03. The number of phenolic OH excluding ortho intramolecular Hbond substituents is 1. The summed E-state index contributed by atoms with van der Waals surface area (Å²) in [5.74, 6) is 0.264. The number of hydrogen-bond acceptors (Lipinski definition) is 3. The molecule has 0 aliphatic heterocycles. The van der Waals surface area contributed by atoms with Gasteiger partial charge in [-0.15, -0.1) is 0 Å². The average Bonchev–Trinajstić information content (AvgIpc) is 2.80. The highest BCUT2D eigenvalue weighted by Crippen LogP contribution is 2.32. The largest absolute Gasteiger partial charge is 0.507 e. The fourth-order valence-electron chi connectivity index (χ4n) is 3.43. The van der Waals surface area contributed by atoms with Crippen molar-refractivity contribution in [2.45, 2.75) is 19.3 Å². The molecule has 2 aromatic carbocycles. The Morgan fingerprint density at radius 3 is 2.71 bits per heavy atom. The SMILES string of the molecule is N#Cc1cccc2c1CCc1ncc(-c3ccccc3O)cc1C2. The molecule has 0 bridgehead atoms.